The van der Waals surface area contributed by atoms with Crippen LogP contribution < -0.4 is 5.32 Å². The van der Waals surface area contributed by atoms with Gasteiger partial charge in [-0.25, -0.2) is 4.39 Å². The number of nitrogens with zero attached hydrogens (tertiary/aromatic N) is 1. The number of aliphatic carboxylic acids is 1. The summed E-state index contributed by atoms with van der Waals surface area (Å²) in [5, 5.41) is 11.1. The molecule has 1 rings (SSSR count). The molecule has 6 heteroatoms. The summed E-state index contributed by atoms with van der Waals surface area (Å²) in [6.45, 7) is 1.73. The number of carbonyl (C=O) groups excluding carboxylic acids is 1. The van der Waals surface area contributed by atoms with Crippen molar-refractivity contribution in [3.63, 3.8) is 0 Å². The highest BCUT2D eigenvalue weighted by Crippen LogP contribution is 2.05. The van der Waals surface area contributed by atoms with Crippen molar-refractivity contribution < 1.29 is 19.1 Å². The second kappa shape index (κ2) is 5.93. The number of halogens is 1. The molecule has 1 unspecified atom stereocenters. The average Bonchev–Trinajstić information content (AvgIpc) is 2.29. The van der Waals surface area contributed by atoms with Crippen LogP contribution in [-0.4, -0.2) is 28.5 Å². The predicted molar refractivity (Wildman–Crippen MR) is 57.9 cm³/mol. The second-order valence-electron chi connectivity index (χ2n) is 3.64. The number of rotatable bonds is 5. The number of aromatic nitrogens is 1. The Morgan fingerprint density at radius 1 is 1.59 bits per heavy atom. The van der Waals surface area contributed by atoms with Gasteiger partial charge in [0, 0.05) is 12.7 Å². The highest BCUT2D eigenvalue weighted by atomic mass is 19.1. The maximum atomic E-state index is 13.1. The van der Waals surface area contributed by atoms with E-state index in [2.05, 4.69) is 10.3 Å². The summed E-state index contributed by atoms with van der Waals surface area (Å²) in [5.74, 6) is -2.73. The fraction of sp³-hybridized carbons (Fsp3) is 0.364. The molecule has 17 heavy (non-hydrogen) atoms. The van der Waals surface area contributed by atoms with E-state index in [4.69, 9.17) is 5.11 Å². The Labute approximate surface area is 97.7 Å². The molecule has 0 aliphatic heterocycles. The average molecular weight is 240 g/mol. The molecule has 0 radical (unpaired) electrons. The lowest BCUT2D eigenvalue weighted by Gasteiger charge is -2.08. The third-order valence-corrected chi connectivity index (χ3v) is 2.30. The van der Waals surface area contributed by atoms with Crippen molar-refractivity contribution in [2.75, 3.05) is 6.54 Å². The molecular weight excluding hydrogens is 227 g/mol. The summed E-state index contributed by atoms with van der Waals surface area (Å²) in [4.78, 5) is 25.5. The van der Waals surface area contributed by atoms with Crippen LogP contribution in [0, 0.1) is 11.7 Å². The van der Waals surface area contributed by atoms with E-state index in [1.54, 1.807) is 6.92 Å². The van der Waals surface area contributed by atoms with Crippen molar-refractivity contribution in [1.82, 2.24) is 10.3 Å². The molecule has 0 spiro atoms. The summed E-state index contributed by atoms with van der Waals surface area (Å²) in [6, 6.07) is 1.27. The monoisotopic (exact) mass is 240 g/mol. The zero-order chi connectivity index (χ0) is 12.8. The molecule has 0 aliphatic carbocycles. The summed E-state index contributed by atoms with van der Waals surface area (Å²) in [5.41, 5.74) is -0.0945. The molecule has 0 saturated heterocycles. The van der Waals surface area contributed by atoms with Crippen molar-refractivity contribution in [2.45, 2.75) is 13.3 Å². The lowest BCUT2D eigenvalue weighted by atomic mass is 10.1. The molecular formula is C11H13FN2O3. The number of carbonyl (C=O) groups is 2. The summed E-state index contributed by atoms with van der Waals surface area (Å²) in [6.07, 6.45) is 2.57. The summed E-state index contributed by atoms with van der Waals surface area (Å²) in [7, 11) is 0. The Balaban J connectivity index is 2.46. The highest BCUT2D eigenvalue weighted by molar-refractivity contribution is 5.94. The standard InChI is InChI=1S/C11H13FN2O3/c1-7(11(16)17)2-5-14-10(15)8-3-4-13-6-9(8)12/h3-4,6-7H,2,5H2,1H3,(H,14,15)(H,16,17). The highest BCUT2D eigenvalue weighted by Gasteiger charge is 2.13. The summed E-state index contributed by atoms with van der Waals surface area (Å²) >= 11 is 0. The lowest BCUT2D eigenvalue weighted by molar-refractivity contribution is -0.141. The van der Waals surface area contributed by atoms with Crippen LogP contribution in [0.25, 0.3) is 0 Å². The molecule has 1 heterocycles. The molecule has 1 amide bonds. The fourth-order valence-electron chi connectivity index (χ4n) is 1.18. The minimum atomic E-state index is -0.922. The smallest absolute Gasteiger partial charge is 0.306 e. The first-order valence-electron chi connectivity index (χ1n) is 5.13. The molecule has 1 aromatic rings. The Morgan fingerprint density at radius 3 is 2.88 bits per heavy atom. The number of carboxylic acid groups (broad SMARTS) is 1. The summed E-state index contributed by atoms with van der Waals surface area (Å²) < 4.78 is 13.1. The SMILES string of the molecule is CC(CCNC(=O)c1ccncc1F)C(=O)O. The van der Waals surface area contributed by atoms with E-state index in [1.165, 1.54) is 12.3 Å². The van der Waals surface area contributed by atoms with Gasteiger partial charge in [0.1, 0.15) is 0 Å². The number of nitrogens with one attached hydrogen (secondary N) is 1. The normalized spacial score (nSPS) is 11.9. The minimum absolute atomic E-state index is 0.0945. The van der Waals surface area contributed by atoms with Gasteiger partial charge in [-0.2, -0.15) is 0 Å². The van der Waals surface area contributed by atoms with Gasteiger partial charge in [-0.1, -0.05) is 6.92 Å². The van der Waals surface area contributed by atoms with Crippen LogP contribution in [-0.2, 0) is 4.79 Å². The van der Waals surface area contributed by atoms with Crippen LogP contribution in [0.5, 0.6) is 0 Å². The lowest BCUT2D eigenvalue weighted by Crippen LogP contribution is -2.27. The largest absolute Gasteiger partial charge is 0.481 e. The van der Waals surface area contributed by atoms with Crippen molar-refractivity contribution >= 4 is 11.9 Å². The first-order valence-corrected chi connectivity index (χ1v) is 5.13. The van der Waals surface area contributed by atoms with Gasteiger partial charge >= 0.3 is 5.97 Å². The van der Waals surface area contributed by atoms with E-state index in [0.29, 0.717) is 6.42 Å². The molecule has 1 aromatic heterocycles. The second-order valence-corrected chi connectivity index (χ2v) is 3.64. The van der Waals surface area contributed by atoms with Crippen molar-refractivity contribution in [3.8, 4) is 0 Å². The van der Waals surface area contributed by atoms with E-state index >= 15 is 0 Å². The Hall–Kier alpha value is -1.98. The van der Waals surface area contributed by atoms with Gasteiger partial charge in [0.15, 0.2) is 5.82 Å². The van der Waals surface area contributed by atoms with Crippen molar-refractivity contribution in [1.29, 1.82) is 0 Å². The quantitative estimate of drug-likeness (QED) is 0.806. The fourth-order valence-corrected chi connectivity index (χ4v) is 1.18. The molecule has 0 bridgehead atoms. The molecule has 0 fully saturated rings. The van der Waals surface area contributed by atoms with Crippen LogP contribution in [0.4, 0.5) is 4.39 Å². The molecule has 0 saturated carbocycles. The number of hydrogen-bond acceptors (Lipinski definition) is 3. The van der Waals surface area contributed by atoms with Gasteiger partial charge in [-0.3, -0.25) is 14.6 Å². The minimum Gasteiger partial charge on any atom is -0.481 e. The van der Waals surface area contributed by atoms with Crippen LogP contribution in [0.2, 0.25) is 0 Å². The van der Waals surface area contributed by atoms with Crippen LogP contribution in [0.3, 0.4) is 0 Å². The first-order chi connectivity index (χ1) is 8.02. The Morgan fingerprint density at radius 2 is 2.29 bits per heavy atom. The van der Waals surface area contributed by atoms with E-state index in [1.807, 2.05) is 0 Å². The van der Waals surface area contributed by atoms with Crippen molar-refractivity contribution in [3.05, 3.63) is 29.8 Å². The number of carboxylic acids is 1. The van der Waals surface area contributed by atoms with Crippen LogP contribution >= 0.6 is 0 Å². The van der Waals surface area contributed by atoms with E-state index in [0.717, 1.165) is 6.20 Å². The van der Waals surface area contributed by atoms with Gasteiger partial charge in [0.2, 0.25) is 0 Å². The van der Waals surface area contributed by atoms with Gasteiger partial charge in [-0.15, -0.1) is 0 Å². The molecule has 0 aliphatic rings. The maximum absolute atomic E-state index is 13.1. The first kappa shape index (κ1) is 13.1. The third kappa shape index (κ3) is 3.82. The zero-order valence-corrected chi connectivity index (χ0v) is 9.31. The van der Waals surface area contributed by atoms with E-state index in [-0.39, 0.29) is 12.1 Å². The Bertz CT molecular complexity index is 423. The topological polar surface area (TPSA) is 79.3 Å². The third-order valence-electron chi connectivity index (χ3n) is 2.30. The van der Waals surface area contributed by atoms with E-state index in [9.17, 15) is 14.0 Å². The molecule has 2 N–H and O–H groups in total. The predicted octanol–water partition coefficient (Wildman–Crippen LogP) is 1.06. The van der Waals surface area contributed by atoms with Crippen LogP contribution in [0.15, 0.2) is 18.5 Å². The van der Waals surface area contributed by atoms with Gasteiger partial charge < -0.3 is 10.4 Å². The number of pyridine rings is 1. The Kier molecular flexibility index (Phi) is 4.56. The molecule has 0 aromatic carbocycles. The molecule has 5 nitrogen and oxygen atoms in total. The zero-order valence-electron chi connectivity index (χ0n) is 9.31. The van der Waals surface area contributed by atoms with Gasteiger partial charge in [0.05, 0.1) is 17.7 Å². The van der Waals surface area contributed by atoms with E-state index < -0.39 is 23.6 Å². The number of amides is 1. The molecule has 92 valence electrons. The van der Waals surface area contributed by atoms with Crippen LogP contribution in [0.1, 0.15) is 23.7 Å². The molecule has 1 atom stereocenters. The maximum Gasteiger partial charge on any atom is 0.306 e. The number of hydrogen-bond donors (Lipinski definition) is 2. The van der Waals surface area contributed by atoms with Gasteiger partial charge in [-0.05, 0) is 12.5 Å². The van der Waals surface area contributed by atoms with Gasteiger partial charge in [0.25, 0.3) is 5.91 Å². The van der Waals surface area contributed by atoms with Crippen molar-refractivity contribution in [2.24, 2.45) is 5.92 Å².